The van der Waals surface area contributed by atoms with E-state index in [1.54, 1.807) is 13.2 Å². The summed E-state index contributed by atoms with van der Waals surface area (Å²) in [5, 5.41) is 7.72. The van der Waals surface area contributed by atoms with Crippen molar-refractivity contribution in [1.82, 2.24) is 20.1 Å². The summed E-state index contributed by atoms with van der Waals surface area (Å²) in [6, 6.07) is 5.46. The van der Waals surface area contributed by atoms with Crippen LogP contribution in [0.15, 0.2) is 18.2 Å². The van der Waals surface area contributed by atoms with E-state index >= 15 is 0 Å². The smallest absolute Gasteiger partial charge is 0.251 e. The lowest BCUT2D eigenvalue weighted by molar-refractivity contribution is 0.0925. The molecular formula is C22H30N4O3. The minimum Gasteiger partial charge on any atom is -0.493 e. The van der Waals surface area contributed by atoms with Crippen molar-refractivity contribution in [2.45, 2.75) is 77.0 Å². The zero-order valence-corrected chi connectivity index (χ0v) is 17.5. The number of hydrogen-bond acceptors (Lipinski definition) is 5. The van der Waals surface area contributed by atoms with E-state index in [9.17, 15) is 4.79 Å². The zero-order chi connectivity index (χ0) is 20.4. The van der Waals surface area contributed by atoms with E-state index in [1.165, 1.54) is 12.8 Å². The van der Waals surface area contributed by atoms with Crippen LogP contribution < -0.4 is 14.8 Å². The molecule has 1 aliphatic heterocycles. The van der Waals surface area contributed by atoms with Gasteiger partial charge in [-0.05, 0) is 50.3 Å². The van der Waals surface area contributed by atoms with Crippen molar-refractivity contribution in [2.24, 2.45) is 0 Å². The first-order valence-corrected chi connectivity index (χ1v) is 10.6. The van der Waals surface area contributed by atoms with Crippen LogP contribution in [-0.4, -0.2) is 39.9 Å². The SMILES string of the molecule is COc1cc(C(=O)NC2CCc3nc(C(C)C)nn3C2)ccc1OC1CCCC1. The maximum absolute atomic E-state index is 12.8. The maximum atomic E-state index is 12.8. The van der Waals surface area contributed by atoms with E-state index in [-0.39, 0.29) is 18.1 Å². The number of ether oxygens (including phenoxy) is 2. The number of nitrogens with zero attached hydrogens (tertiary/aromatic N) is 3. The van der Waals surface area contributed by atoms with Crippen LogP contribution in [0, 0.1) is 0 Å². The van der Waals surface area contributed by atoms with Gasteiger partial charge in [0, 0.05) is 23.9 Å². The highest BCUT2D eigenvalue weighted by atomic mass is 16.5. The molecule has 1 fully saturated rings. The number of fused-ring (bicyclic) bond motifs is 1. The predicted molar refractivity (Wildman–Crippen MR) is 110 cm³/mol. The van der Waals surface area contributed by atoms with Gasteiger partial charge in [0.15, 0.2) is 17.3 Å². The Hall–Kier alpha value is -2.57. The van der Waals surface area contributed by atoms with E-state index < -0.39 is 0 Å². The largest absolute Gasteiger partial charge is 0.493 e. The summed E-state index contributed by atoms with van der Waals surface area (Å²) in [4.78, 5) is 17.4. The predicted octanol–water partition coefficient (Wildman–Crippen LogP) is 3.48. The minimum atomic E-state index is -0.103. The Kier molecular flexibility index (Phi) is 5.74. The van der Waals surface area contributed by atoms with Crippen molar-refractivity contribution in [2.75, 3.05) is 7.11 Å². The number of aromatic nitrogens is 3. The quantitative estimate of drug-likeness (QED) is 0.806. The highest BCUT2D eigenvalue weighted by molar-refractivity contribution is 5.95. The second kappa shape index (κ2) is 8.43. The molecule has 4 rings (SSSR count). The highest BCUT2D eigenvalue weighted by Gasteiger charge is 2.25. The van der Waals surface area contributed by atoms with Gasteiger partial charge in [-0.2, -0.15) is 5.10 Å². The Morgan fingerprint density at radius 1 is 1.21 bits per heavy atom. The lowest BCUT2D eigenvalue weighted by Crippen LogP contribution is -2.41. The molecule has 7 nitrogen and oxygen atoms in total. The molecular weight excluding hydrogens is 368 g/mol. The summed E-state index contributed by atoms with van der Waals surface area (Å²) < 4.78 is 13.5. The molecule has 0 bridgehead atoms. The van der Waals surface area contributed by atoms with E-state index in [1.807, 2.05) is 16.8 Å². The van der Waals surface area contributed by atoms with Gasteiger partial charge in [-0.3, -0.25) is 4.79 Å². The normalized spacial score (nSPS) is 19.2. The van der Waals surface area contributed by atoms with Gasteiger partial charge in [-0.15, -0.1) is 0 Å². The number of aryl methyl sites for hydroxylation is 1. The molecule has 0 radical (unpaired) electrons. The van der Waals surface area contributed by atoms with E-state index in [2.05, 4.69) is 29.2 Å². The number of carbonyl (C=O) groups excluding carboxylic acids is 1. The average molecular weight is 399 g/mol. The Morgan fingerprint density at radius 3 is 2.72 bits per heavy atom. The van der Waals surface area contributed by atoms with Crippen LogP contribution in [0.2, 0.25) is 0 Å². The molecule has 0 saturated heterocycles. The summed E-state index contributed by atoms with van der Waals surface area (Å²) in [6.45, 7) is 4.84. The Bertz CT molecular complexity index is 871. The van der Waals surface area contributed by atoms with Crippen LogP contribution >= 0.6 is 0 Å². The summed E-state index contributed by atoms with van der Waals surface area (Å²) >= 11 is 0. The van der Waals surface area contributed by atoms with Gasteiger partial charge in [0.25, 0.3) is 5.91 Å². The summed E-state index contributed by atoms with van der Waals surface area (Å²) in [5.74, 6) is 3.39. The monoisotopic (exact) mass is 398 g/mol. The molecule has 1 N–H and O–H groups in total. The average Bonchev–Trinajstić information content (AvgIpc) is 3.37. The Morgan fingerprint density at radius 2 is 2.00 bits per heavy atom. The van der Waals surface area contributed by atoms with Gasteiger partial charge in [0.2, 0.25) is 0 Å². The number of carbonyl (C=O) groups is 1. The second-order valence-electron chi connectivity index (χ2n) is 8.32. The number of methoxy groups -OCH3 is 1. The van der Waals surface area contributed by atoms with E-state index in [0.29, 0.717) is 29.5 Å². The molecule has 1 aromatic heterocycles. The molecule has 29 heavy (non-hydrogen) atoms. The van der Waals surface area contributed by atoms with Gasteiger partial charge in [0.05, 0.1) is 19.8 Å². The third-order valence-electron chi connectivity index (χ3n) is 5.75. The van der Waals surface area contributed by atoms with Gasteiger partial charge < -0.3 is 14.8 Å². The van der Waals surface area contributed by atoms with Crippen molar-refractivity contribution in [1.29, 1.82) is 0 Å². The van der Waals surface area contributed by atoms with E-state index in [0.717, 1.165) is 37.3 Å². The lowest BCUT2D eigenvalue weighted by atomic mass is 10.1. The Balaban J connectivity index is 1.41. The molecule has 1 atom stereocenters. The number of benzene rings is 1. The van der Waals surface area contributed by atoms with Crippen molar-refractivity contribution in [3.05, 3.63) is 35.4 Å². The number of hydrogen-bond donors (Lipinski definition) is 1. The first-order valence-electron chi connectivity index (χ1n) is 10.6. The topological polar surface area (TPSA) is 78.3 Å². The van der Waals surface area contributed by atoms with Crippen LogP contribution in [0.4, 0.5) is 0 Å². The summed E-state index contributed by atoms with van der Waals surface area (Å²) in [5.41, 5.74) is 0.577. The fraction of sp³-hybridized carbons (Fsp3) is 0.591. The zero-order valence-electron chi connectivity index (χ0n) is 17.5. The van der Waals surface area contributed by atoms with Crippen molar-refractivity contribution < 1.29 is 14.3 Å². The number of nitrogens with one attached hydrogen (secondary N) is 1. The molecule has 0 spiro atoms. The number of amides is 1. The third kappa shape index (κ3) is 4.38. The molecule has 1 aromatic carbocycles. The molecule has 7 heteroatoms. The second-order valence-corrected chi connectivity index (χ2v) is 8.32. The number of rotatable bonds is 6. The fourth-order valence-electron chi connectivity index (χ4n) is 4.05. The molecule has 1 amide bonds. The van der Waals surface area contributed by atoms with Crippen molar-refractivity contribution >= 4 is 5.91 Å². The van der Waals surface area contributed by atoms with Crippen LogP contribution in [0.5, 0.6) is 11.5 Å². The standard InChI is InChI=1S/C22H30N4O3/c1-14(2)21-24-20-11-9-16(13-26(20)25-21)23-22(27)15-8-10-18(19(12-15)28-3)29-17-6-4-5-7-17/h8,10,12,14,16-17H,4-7,9,11,13H2,1-3H3,(H,23,27). The molecule has 2 aromatic rings. The highest BCUT2D eigenvalue weighted by Crippen LogP contribution is 2.32. The summed E-state index contributed by atoms with van der Waals surface area (Å²) in [7, 11) is 1.61. The van der Waals surface area contributed by atoms with Gasteiger partial charge in [-0.25, -0.2) is 9.67 Å². The molecule has 1 saturated carbocycles. The van der Waals surface area contributed by atoms with Gasteiger partial charge in [-0.1, -0.05) is 13.8 Å². The van der Waals surface area contributed by atoms with Crippen LogP contribution in [0.1, 0.15) is 73.9 Å². The van der Waals surface area contributed by atoms with Gasteiger partial charge >= 0.3 is 0 Å². The Labute approximate surface area is 171 Å². The van der Waals surface area contributed by atoms with Crippen LogP contribution in [0.25, 0.3) is 0 Å². The fourth-order valence-corrected chi connectivity index (χ4v) is 4.05. The molecule has 2 aliphatic rings. The van der Waals surface area contributed by atoms with E-state index in [4.69, 9.17) is 9.47 Å². The van der Waals surface area contributed by atoms with Crippen LogP contribution in [-0.2, 0) is 13.0 Å². The lowest BCUT2D eigenvalue weighted by Gasteiger charge is -2.23. The first-order chi connectivity index (χ1) is 14.0. The third-order valence-corrected chi connectivity index (χ3v) is 5.75. The molecule has 1 unspecified atom stereocenters. The van der Waals surface area contributed by atoms with Crippen molar-refractivity contribution in [3.8, 4) is 11.5 Å². The molecule has 1 aliphatic carbocycles. The molecule has 2 heterocycles. The minimum absolute atomic E-state index is 0.0390. The summed E-state index contributed by atoms with van der Waals surface area (Å²) in [6.07, 6.45) is 6.51. The molecule has 156 valence electrons. The van der Waals surface area contributed by atoms with Gasteiger partial charge in [0.1, 0.15) is 5.82 Å². The van der Waals surface area contributed by atoms with Crippen molar-refractivity contribution in [3.63, 3.8) is 0 Å². The maximum Gasteiger partial charge on any atom is 0.251 e. The van der Waals surface area contributed by atoms with Crippen LogP contribution in [0.3, 0.4) is 0 Å². The first kappa shape index (κ1) is 19.7.